The Morgan fingerprint density at radius 2 is 1.93 bits per heavy atom. The summed E-state index contributed by atoms with van der Waals surface area (Å²) in [5.41, 5.74) is 3.95. The molecule has 0 spiro atoms. The van der Waals surface area contributed by atoms with E-state index in [-0.39, 0.29) is 17.2 Å². The molecule has 0 unspecified atom stereocenters. The number of aromatic hydroxyl groups is 2. The zero-order valence-electron chi connectivity index (χ0n) is 13.8. The number of carbonyl (C=O) groups is 1. The predicted molar refractivity (Wildman–Crippen MR) is 108 cm³/mol. The third-order valence-electron chi connectivity index (χ3n) is 3.57. The maximum Gasteiger partial charge on any atom is 0.293 e. The van der Waals surface area contributed by atoms with Crippen LogP contribution in [0.3, 0.4) is 0 Å². The van der Waals surface area contributed by atoms with Crippen LogP contribution in [0.4, 0.5) is 0 Å². The minimum Gasteiger partial charge on any atom is -0.508 e. The molecule has 0 atom stereocenters. The molecule has 0 bridgehead atoms. The molecule has 0 saturated heterocycles. The number of rotatable bonds is 5. The van der Waals surface area contributed by atoms with Gasteiger partial charge in [0.25, 0.3) is 5.91 Å². The first-order valence-corrected chi connectivity index (χ1v) is 9.34. The van der Waals surface area contributed by atoms with Gasteiger partial charge in [0.05, 0.1) is 17.2 Å². The van der Waals surface area contributed by atoms with Crippen LogP contribution in [0.5, 0.6) is 11.5 Å². The van der Waals surface area contributed by atoms with Crippen molar-refractivity contribution < 1.29 is 15.0 Å². The van der Waals surface area contributed by atoms with Gasteiger partial charge in [0.1, 0.15) is 11.5 Å². The van der Waals surface area contributed by atoms with Gasteiger partial charge in [-0.05, 0) is 45.8 Å². The Kier molecular flexibility index (Phi) is 5.92. The van der Waals surface area contributed by atoms with Crippen LogP contribution < -0.4 is 5.43 Å². The maximum atomic E-state index is 12.3. The summed E-state index contributed by atoms with van der Waals surface area (Å²) >= 11 is 6.72. The summed E-state index contributed by atoms with van der Waals surface area (Å²) in [7, 11) is 0. The maximum absolute atomic E-state index is 12.3. The standard InChI is InChI=1S/C18H14Br2N4O3/c19-13-4-1-11(2-5-13)9-24-10-15(20)17(23-24)18(27)22-21-8-12-3-6-14(25)7-16(12)26/h1-8,10,25-26H,9H2,(H,22,27)/b21-8-. The van der Waals surface area contributed by atoms with E-state index in [1.165, 1.54) is 24.4 Å². The number of hydrogen-bond donors (Lipinski definition) is 3. The van der Waals surface area contributed by atoms with E-state index in [0.717, 1.165) is 10.0 Å². The molecule has 2 aromatic carbocycles. The van der Waals surface area contributed by atoms with E-state index in [1.54, 1.807) is 10.9 Å². The van der Waals surface area contributed by atoms with Gasteiger partial charge in [-0.15, -0.1) is 0 Å². The van der Waals surface area contributed by atoms with Crippen LogP contribution >= 0.6 is 31.9 Å². The molecule has 3 N–H and O–H groups in total. The molecular weight excluding hydrogens is 480 g/mol. The number of nitrogens with one attached hydrogen (secondary N) is 1. The fourth-order valence-electron chi connectivity index (χ4n) is 2.26. The summed E-state index contributed by atoms with van der Waals surface area (Å²) in [5, 5.41) is 27.0. The summed E-state index contributed by atoms with van der Waals surface area (Å²) in [6.45, 7) is 0.518. The van der Waals surface area contributed by atoms with Gasteiger partial charge in [-0.2, -0.15) is 10.2 Å². The van der Waals surface area contributed by atoms with Gasteiger partial charge >= 0.3 is 0 Å². The van der Waals surface area contributed by atoms with Gasteiger partial charge in [-0.3, -0.25) is 9.48 Å². The smallest absolute Gasteiger partial charge is 0.293 e. The second kappa shape index (κ2) is 8.36. The van der Waals surface area contributed by atoms with Crippen molar-refractivity contribution in [1.29, 1.82) is 0 Å². The van der Waals surface area contributed by atoms with Crippen LogP contribution in [-0.2, 0) is 6.54 Å². The summed E-state index contributed by atoms with van der Waals surface area (Å²) in [4.78, 5) is 12.3. The van der Waals surface area contributed by atoms with Crippen molar-refractivity contribution in [2.75, 3.05) is 0 Å². The molecule has 0 aliphatic heterocycles. The number of carbonyl (C=O) groups excluding carboxylic acids is 1. The van der Waals surface area contributed by atoms with Crippen molar-refractivity contribution >= 4 is 44.0 Å². The van der Waals surface area contributed by atoms with Gasteiger partial charge in [-0.1, -0.05) is 28.1 Å². The molecule has 1 amide bonds. The molecular formula is C18H14Br2N4O3. The molecule has 1 aromatic heterocycles. The van der Waals surface area contributed by atoms with Crippen LogP contribution in [0.15, 0.2) is 62.7 Å². The third kappa shape index (κ3) is 4.95. The first-order chi connectivity index (χ1) is 12.9. The molecule has 0 saturated carbocycles. The van der Waals surface area contributed by atoms with E-state index >= 15 is 0 Å². The third-order valence-corrected chi connectivity index (χ3v) is 4.68. The average molecular weight is 494 g/mol. The number of phenolic OH excluding ortho intramolecular Hbond substituents is 2. The number of benzene rings is 2. The van der Waals surface area contributed by atoms with E-state index in [0.29, 0.717) is 16.6 Å². The Morgan fingerprint density at radius 1 is 1.19 bits per heavy atom. The van der Waals surface area contributed by atoms with Crippen molar-refractivity contribution in [3.05, 3.63) is 74.4 Å². The quantitative estimate of drug-likeness (QED) is 0.373. The number of aromatic nitrogens is 2. The Hall–Kier alpha value is -2.65. The highest BCUT2D eigenvalue weighted by atomic mass is 79.9. The van der Waals surface area contributed by atoms with Crippen molar-refractivity contribution in [3.63, 3.8) is 0 Å². The molecule has 0 aliphatic carbocycles. The number of hydrazone groups is 1. The van der Waals surface area contributed by atoms with Crippen molar-refractivity contribution in [3.8, 4) is 11.5 Å². The Morgan fingerprint density at radius 3 is 2.63 bits per heavy atom. The Labute approximate surface area is 171 Å². The van der Waals surface area contributed by atoms with Gasteiger partial charge in [0.2, 0.25) is 0 Å². The monoisotopic (exact) mass is 492 g/mol. The van der Waals surface area contributed by atoms with Gasteiger partial charge in [0, 0.05) is 22.3 Å². The summed E-state index contributed by atoms with van der Waals surface area (Å²) < 4.78 is 3.18. The lowest BCUT2D eigenvalue weighted by atomic mass is 10.2. The van der Waals surface area contributed by atoms with Crippen LogP contribution in [0, 0.1) is 0 Å². The van der Waals surface area contributed by atoms with Crippen LogP contribution in [0.25, 0.3) is 0 Å². The first-order valence-electron chi connectivity index (χ1n) is 7.75. The number of nitrogens with zero attached hydrogens (tertiary/aromatic N) is 3. The number of halogens is 2. The zero-order valence-corrected chi connectivity index (χ0v) is 17.0. The highest BCUT2D eigenvalue weighted by molar-refractivity contribution is 9.10. The SMILES string of the molecule is O=C(N/N=C\c1ccc(O)cc1O)c1nn(Cc2ccc(Br)cc2)cc1Br. The van der Waals surface area contributed by atoms with E-state index in [9.17, 15) is 15.0 Å². The largest absolute Gasteiger partial charge is 0.508 e. The van der Waals surface area contributed by atoms with E-state index in [4.69, 9.17) is 0 Å². The Balaban J connectivity index is 1.67. The minimum atomic E-state index is -0.494. The molecule has 7 nitrogen and oxygen atoms in total. The van der Waals surface area contributed by atoms with Crippen LogP contribution in [0.2, 0.25) is 0 Å². The number of phenols is 2. The van der Waals surface area contributed by atoms with Crippen molar-refractivity contribution in [2.24, 2.45) is 5.10 Å². The lowest BCUT2D eigenvalue weighted by Gasteiger charge is -2.02. The fraction of sp³-hybridized carbons (Fsp3) is 0.0556. The van der Waals surface area contributed by atoms with E-state index in [2.05, 4.69) is 47.5 Å². The number of amides is 1. The number of hydrogen-bond acceptors (Lipinski definition) is 5. The topological polar surface area (TPSA) is 99.7 Å². The predicted octanol–water partition coefficient (Wildman–Crippen LogP) is 3.63. The van der Waals surface area contributed by atoms with Gasteiger partial charge in [0.15, 0.2) is 5.69 Å². The molecule has 27 heavy (non-hydrogen) atoms. The fourth-order valence-corrected chi connectivity index (χ4v) is 3.02. The van der Waals surface area contributed by atoms with Crippen LogP contribution in [0.1, 0.15) is 21.6 Å². The summed E-state index contributed by atoms with van der Waals surface area (Å²) in [6.07, 6.45) is 2.99. The summed E-state index contributed by atoms with van der Waals surface area (Å²) in [6, 6.07) is 11.9. The molecule has 138 valence electrons. The molecule has 9 heteroatoms. The van der Waals surface area contributed by atoms with Gasteiger partial charge < -0.3 is 10.2 Å². The van der Waals surface area contributed by atoms with Gasteiger partial charge in [-0.25, -0.2) is 5.43 Å². The molecule has 0 aliphatic rings. The Bertz CT molecular complexity index is 1000. The lowest BCUT2D eigenvalue weighted by molar-refractivity contribution is 0.0948. The van der Waals surface area contributed by atoms with E-state index in [1.807, 2.05) is 24.3 Å². The molecule has 1 heterocycles. The molecule has 3 aromatic rings. The summed E-state index contributed by atoms with van der Waals surface area (Å²) in [5.74, 6) is -0.701. The second-order valence-corrected chi connectivity index (χ2v) is 7.36. The molecule has 3 rings (SSSR count). The molecule has 0 radical (unpaired) electrons. The highest BCUT2D eigenvalue weighted by Gasteiger charge is 2.15. The minimum absolute atomic E-state index is 0.0612. The highest BCUT2D eigenvalue weighted by Crippen LogP contribution is 2.21. The van der Waals surface area contributed by atoms with Crippen molar-refractivity contribution in [2.45, 2.75) is 6.54 Å². The van der Waals surface area contributed by atoms with Crippen molar-refractivity contribution in [1.82, 2.24) is 15.2 Å². The van der Waals surface area contributed by atoms with E-state index < -0.39 is 5.91 Å². The normalized spacial score (nSPS) is 11.0. The van der Waals surface area contributed by atoms with Crippen LogP contribution in [-0.4, -0.2) is 32.1 Å². The first kappa shape index (κ1) is 19.1. The second-order valence-electron chi connectivity index (χ2n) is 5.59. The average Bonchev–Trinajstić information content (AvgIpc) is 2.99. The lowest BCUT2D eigenvalue weighted by Crippen LogP contribution is -2.19. The zero-order chi connectivity index (χ0) is 19.4. The molecule has 0 fully saturated rings.